The van der Waals surface area contributed by atoms with Crippen molar-refractivity contribution in [3.05, 3.63) is 59.7 Å². The van der Waals surface area contributed by atoms with E-state index in [0.717, 1.165) is 17.1 Å². The second-order valence-corrected chi connectivity index (χ2v) is 4.37. The number of rotatable bonds is 5. The summed E-state index contributed by atoms with van der Waals surface area (Å²) in [6.45, 7) is 2.51. The third-order valence-electron chi connectivity index (χ3n) is 3.09. The van der Waals surface area contributed by atoms with Gasteiger partial charge in [-0.2, -0.15) is 0 Å². The number of aryl methyl sites for hydroxylation is 1. The molecule has 100 valence electrons. The maximum Gasteiger partial charge on any atom is 0.136 e. The minimum absolute atomic E-state index is 0.130. The molecule has 1 unspecified atom stereocenters. The van der Waals surface area contributed by atoms with Crippen LogP contribution in [0, 0.1) is 6.92 Å². The van der Waals surface area contributed by atoms with E-state index >= 15 is 0 Å². The van der Waals surface area contributed by atoms with Gasteiger partial charge in [0, 0.05) is 6.54 Å². The molecule has 0 aliphatic heterocycles. The zero-order valence-corrected chi connectivity index (χ0v) is 11.3. The molecule has 0 radical (unpaired) electrons. The Labute approximate surface area is 114 Å². The van der Waals surface area contributed by atoms with Crippen molar-refractivity contribution in [2.75, 3.05) is 13.7 Å². The summed E-state index contributed by atoms with van der Waals surface area (Å²) in [5.74, 6) is 1.60. The molecule has 0 fully saturated rings. The first-order chi connectivity index (χ1) is 9.24. The van der Waals surface area contributed by atoms with Crippen LogP contribution in [-0.4, -0.2) is 13.7 Å². The Bertz CT molecular complexity index is 523. The fourth-order valence-electron chi connectivity index (χ4n) is 2.01. The molecule has 0 aliphatic carbocycles. The predicted molar refractivity (Wildman–Crippen MR) is 76.6 cm³/mol. The summed E-state index contributed by atoms with van der Waals surface area (Å²) in [6, 6.07) is 15.7. The van der Waals surface area contributed by atoms with E-state index in [2.05, 4.69) is 19.1 Å². The Hall–Kier alpha value is -2.00. The molecule has 0 spiro atoms. The second-order valence-electron chi connectivity index (χ2n) is 4.37. The summed E-state index contributed by atoms with van der Waals surface area (Å²) < 4.78 is 11.1. The fourth-order valence-corrected chi connectivity index (χ4v) is 2.01. The quantitative estimate of drug-likeness (QED) is 0.895. The van der Waals surface area contributed by atoms with Crippen molar-refractivity contribution in [3.8, 4) is 11.5 Å². The van der Waals surface area contributed by atoms with E-state index in [1.165, 1.54) is 5.56 Å². The Morgan fingerprint density at radius 3 is 2.21 bits per heavy atom. The van der Waals surface area contributed by atoms with Gasteiger partial charge in [-0.15, -0.1) is 0 Å². The average Bonchev–Trinajstić information content (AvgIpc) is 2.46. The van der Waals surface area contributed by atoms with E-state index < -0.39 is 0 Å². The molecule has 0 aromatic heterocycles. The van der Waals surface area contributed by atoms with Gasteiger partial charge in [-0.05, 0) is 42.3 Å². The lowest BCUT2D eigenvalue weighted by atomic mass is 10.0. The minimum Gasteiger partial charge on any atom is -0.497 e. The number of ether oxygens (including phenoxy) is 2. The van der Waals surface area contributed by atoms with Crippen molar-refractivity contribution in [2.24, 2.45) is 5.73 Å². The number of hydrogen-bond acceptors (Lipinski definition) is 3. The van der Waals surface area contributed by atoms with Crippen LogP contribution in [0.3, 0.4) is 0 Å². The van der Waals surface area contributed by atoms with Gasteiger partial charge in [0.05, 0.1) is 7.11 Å². The van der Waals surface area contributed by atoms with E-state index in [4.69, 9.17) is 15.2 Å². The third kappa shape index (κ3) is 3.26. The normalized spacial score (nSPS) is 11.9. The molecule has 0 saturated heterocycles. The first-order valence-corrected chi connectivity index (χ1v) is 6.31. The van der Waals surface area contributed by atoms with E-state index in [1.807, 2.05) is 36.4 Å². The molecule has 0 amide bonds. The van der Waals surface area contributed by atoms with Crippen molar-refractivity contribution in [3.63, 3.8) is 0 Å². The lowest BCUT2D eigenvalue weighted by Gasteiger charge is -2.19. The van der Waals surface area contributed by atoms with Crippen LogP contribution in [0.25, 0.3) is 0 Å². The number of methoxy groups -OCH3 is 1. The molecule has 2 rings (SSSR count). The molecule has 3 heteroatoms. The monoisotopic (exact) mass is 257 g/mol. The fraction of sp³-hybridized carbons (Fsp3) is 0.250. The van der Waals surface area contributed by atoms with Gasteiger partial charge in [-0.1, -0.05) is 24.3 Å². The van der Waals surface area contributed by atoms with Crippen LogP contribution in [0.4, 0.5) is 0 Å². The first kappa shape index (κ1) is 13.4. The van der Waals surface area contributed by atoms with Crippen LogP contribution < -0.4 is 15.2 Å². The molecule has 3 nitrogen and oxygen atoms in total. The molecule has 2 N–H and O–H groups in total. The van der Waals surface area contributed by atoms with Gasteiger partial charge < -0.3 is 15.2 Å². The second kappa shape index (κ2) is 6.25. The molecule has 2 aromatic carbocycles. The molecule has 0 heterocycles. The van der Waals surface area contributed by atoms with Crippen LogP contribution in [0.2, 0.25) is 0 Å². The van der Waals surface area contributed by atoms with Crippen molar-refractivity contribution < 1.29 is 9.47 Å². The maximum atomic E-state index is 5.95. The number of nitrogens with two attached hydrogens (primary N) is 1. The first-order valence-electron chi connectivity index (χ1n) is 6.31. The van der Waals surface area contributed by atoms with Crippen LogP contribution in [-0.2, 0) is 0 Å². The van der Waals surface area contributed by atoms with Gasteiger partial charge in [-0.3, -0.25) is 0 Å². The maximum absolute atomic E-state index is 5.95. The largest absolute Gasteiger partial charge is 0.497 e. The zero-order chi connectivity index (χ0) is 13.7. The van der Waals surface area contributed by atoms with Crippen molar-refractivity contribution in [1.82, 2.24) is 0 Å². The molecular formula is C16H19NO2. The third-order valence-corrected chi connectivity index (χ3v) is 3.09. The summed E-state index contributed by atoms with van der Waals surface area (Å²) in [4.78, 5) is 0. The van der Waals surface area contributed by atoms with Crippen molar-refractivity contribution >= 4 is 0 Å². The Balaban J connectivity index is 2.17. The summed E-state index contributed by atoms with van der Waals surface area (Å²) in [6.07, 6.45) is -0.130. The lowest BCUT2D eigenvalue weighted by Crippen LogP contribution is -2.19. The minimum atomic E-state index is -0.130. The zero-order valence-electron chi connectivity index (χ0n) is 11.3. The molecule has 0 bridgehead atoms. The topological polar surface area (TPSA) is 44.5 Å². The Morgan fingerprint density at radius 1 is 1.00 bits per heavy atom. The lowest BCUT2D eigenvalue weighted by molar-refractivity contribution is 0.213. The standard InChI is InChI=1S/C16H19NO2/c1-12-5-3-4-6-15(12)16(11-17)19-14-9-7-13(18-2)8-10-14/h3-10,16H,11,17H2,1-2H3. The number of hydrogen-bond donors (Lipinski definition) is 1. The van der Waals surface area contributed by atoms with E-state index in [1.54, 1.807) is 7.11 Å². The van der Waals surface area contributed by atoms with Gasteiger partial charge in [0.1, 0.15) is 17.6 Å². The summed E-state index contributed by atoms with van der Waals surface area (Å²) in [7, 11) is 1.64. The number of benzene rings is 2. The summed E-state index contributed by atoms with van der Waals surface area (Å²) >= 11 is 0. The SMILES string of the molecule is COc1ccc(OC(CN)c2ccccc2C)cc1. The predicted octanol–water partition coefficient (Wildman–Crippen LogP) is 3.08. The highest BCUT2D eigenvalue weighted by Crippen LogP contribution is 2.25. The molecule has 1 atom stereocenters. The molecular weight excluding hydrogens is 238 g/mol. The summed E-state index contributed by atoms with van der Waals surface area (Å²) in [5, 5.41) is 0. The smallest absolute Gasteiger partial charge is 0.136 e. The van der Waals surface area contributed by atoms with Crippen molar-refractivity contribution in [1.29, 1.82) is 0 Å². The van der Waals surface area contributed by atoms with E-state index in [-0.39, 0.29) is 6.10 Å². The highest BCUT2D eigenvalue weighted by molar-refractivity contribution is 5.33. The van der Waals surface area contributed by atoms with Crippen LogP contribution in [0.15, 0.2) is 48.5 Å². The van der Waals surface area contributed by atoms with Gasteiger partial charge >= 0.3 is 0 Å². The Morgan fingerprint density at radius 2 is 1.63 bits per heavy atom. The average molecular weight is 257 g/mol. The molecule has 0 aliphatic rings. The highest BCUT2D eigenvalue weighted by Gasteiger charge is 2.13. The van der Waals surface area contributed by atoms with Gasteiger partial charge in [-0.25, -0.2) is 0 Å². The molecule has 2 aromatic rings. The van der Waals surface area contributed by atoms with E-state index in [0.29, 0.717) is 6.54 Å². The highest BCUT2D eigenvalue weighted by atomic mass is 16.5. The Kier molecular flexibility index (Phi) is 4.42. The van der Waals surface area contributed by atoms with E-state index in [9.17, 15) is 0 Å². The van der Waals surface area contributed by atoms with Gasteiger partial charge in [0.25, 0.3) is 0 Å². The van der Waals surface area contributed by atoms with Gasteiger partial charge in [0.15, 0.2) is 0 Å². The molecule has 19 heavy (non-hydrogen) atoms. The van der Waals surface area contributed by atoms with Gasteiger partial charge in [0.2, 0.25) is 0 Å². The van der Waals surface area contributed by atoms with Crippen LogP contribution in [0.1, 0.15) is 17.2 Å². The van der Waals surface area contributed by atoms with Crippen LogP contribution >= 0.6 is 0 Å². The van der Waals surface area contributed by atoms with Crippen LogP contribution in [0.5, 0.6) is 11.5 Å². The van der Waals surface area contributed by atoms with Crippen molar-refractivity contribution in [2.45, 2.75) is 13.0 Å². The molecule has 0 saturated carbocycles. The summed E-state index contributed by atoms with van der Waals surface area (Å²) in [5.41, 5.74) is 8.14.